The highest BCUT2D eigenvalue weighted by Gasteiger charge is 2.32. The molecule has 0 aliphatic carbocycles. The number of nitrogens with one attached hydrogen (secondary N) is 1. The van der Waals surface area contributed by atoms with Gasteiger partial charge in [0.05, 0.1) is 32.1 Å². The molecule has 3 atom stereocenters. The van der Waals surface area contributed by atoms with Crippen LogP contribution in [-0.4, -0.2) is 57.0 Å². The van der Waals surface area contributed by atoms with E-state index in [1.807, 2.05) is 12.1 Å². The number of hydrogen-bond acceptors (Lipinski definition) is 5. The van der Waals surface area contributed by atoms with Crippen LogP contribution in [0.2, 0.25) is 0 Å². The first-order chi connectivity index (χ1) is 13.3. The second-order valence-electron chi connectivity index (χ2n) is 7.25. The van der Waals surface area contributed by atoms with Gasteiger partial charge in [0.1, 0.15) is 5.76 Å². The summed E-state index contributed by atoms with van der Waals surface area (Å²) < 4.78 is 18.1. The van der Waals surface area contributed by atoms with E-state index in [-0.39, 0.29) is 6.04 Å². The van der Waals surface area contributed by atoms with E-state index in [1.165, 1.54) is 5.56 Å². The van der Waals surface area contributed by atoms with Crippen LogP contribution in [0.5, 0.6) is 0 Å². The molecule has 27 heavy (non-hydrogen) atoms. The number of hydrogen-bond donors (Lipinski definition) is 1. The first-order valence-electron chi connectivity index (χ1n) is 9.73. The Labute approximate surface area is 169 Å². The Kier molecular flexibility index (Phi) is 6.63. The minimum atomic E-state index is 0.0407. The Morgan fingerprint density at radius 3 is 2.56 bits per heavy atom. The minimum Gasteiger partial charge on any atom is -0.467 e. The number of ether oxygens (including phenoxy) is 2. The summed E-state index contributed by atoms with van der Waals surface area (Å²) in [6.07, 6.45) is 2.88. The molecular formula is C21H27BrN2O3. The lowest BCUT2D eigenvalue weighted by Crippen LogP contribution is -2.52. The highest BCUT2D eigenvalue weighted by Crippen LogP contribution is 2.26. The van der Waals surface area contributed by atoms with E-state index in [1.54, 1.807) is 6.26 Å². The summed E-state index contributed by atoms with van der Waals surface area (Å²) >= 11 is 3.53. The quantitative estimate of drug-likeness (QED) is 0.722. The Hall–Kier alpha value is -1.18. The van der Waals surface area contributed by atoms with Crippen molar-refractivity contribution in [2.75, 3.05) is 46.1 Å². The van der Waals surface area contributed by atoms with Gasteiger partial charge in [0.25, 0.3) is 0 Å². The second-order valence-corrected chi connectivity index (χ2v) is 8.16. The predicted octanol–water partition coefficient (Wildman–Crippen LogP) is 3.46. The zero-order chi connectivity index (χ0) is 18.5. The monoisotopic (exact) mass is 434 g/mol. The maximum absolute atomic E-state index is 5.75. The molecule has 2 aliphatic heterocycles. The van der Waals surface area contributed by atoms with E-state index in [0.717, 1.165) is 62.7 Å². The summed E-state index contributed by atoms with van der Waals surface area (Å²) in [6.45, 7) is 6.25. The van der Waals surface area contributed by atoms with Gasteiger partial charge < -0.3 is 19.2 Å². The molecule has 1 N–H and O–H groups in total. The van der Waals surface area contributed by atoms with Crippen LogP contribution in [0, 0.1) is 5.92 Å². The fourth-order valence-corrected chi connectivity index (χ4v) is 4.36. The number of rotatable bonds is 7. The molecule has 0 saturated carbocycles. The lowest BCUT2D eigenvalue weighted by Gasteiger charge is -2.38. The van der Waals surface area contributed by atoms with E-state index >= 15 is 0 Å². The summed E-state index contributed by atoms with van der Waals surface area (Å²) in [4.78, 5) is 2.57. The maximum atomic E-state index is 5.75. The van der Waals surface area contributed by atoms with E-state index in [2.05, 4.69) is 50.4 Å². The lowest BCUT2D eigenvalue weighted by molar-refractivity contribution is 0.000923. The van der Waals surface area contributed by atoms with Gasteiger partial charge >= 0.3 is 0 Å². The number of morpholine rings is 1. The lowest BCUT2D eigenvalue weighted by atomic mass is 9.95. The number of benzene rings is 1. The molecule has 5 nitrogen and oxygen atoms in total. The van der Waals surface area contributed by atoms with Crippen molar-refractivity contribution in [3.63, 3.8) is 0 Å². The van der Waals surface area contributed by atoms with Crippen molar-refractivity contribution < 1.29 is 13.9 Å². The molecule has 0 unspecified atom stereocenters. The third kappa shape index (κ3) is 4.81. The fraction of sp³-hybridized carbons (Fsp3) is 0.524. The van der Waals surface area contributed by atoms with Gasteiger partial charge in [-0.15, -0.1) is 0 Å². The van der Waals surface area contributed by atoms with Gasteiger partial charge in [-0.2, -0.15) is 0 Å². The van der Waals surface area contributed by atoms with Gasteiger partial charge in [0.2, 0.25) is 0 Å². The molecule has 3 heterocycles. The molecule has 146 valence electrons. The molecule has 6 heteroatoms. The van der Waals surface area contributed by atoms with Crippen LogP contribution < -0.4 is 5.32 Å². The molecule has 0 bridgehead atoms. The number of nitrogens with zero attached hydrogens (tertiary/aromatic N) is 1. The molecule has 4 rings (SSSR count). The van der Waals surface area contributed by atoms with Crippen LogP contribution in [0.3, 0.4) is 0 Å². The zero-order valence-corrected chi connectivity index (χ0v) is 17.1. The van der Waals surface area contributed by atoms with Crippen LogP contribution in [0.15, 0.2) is 51.6 Å². The van der Waals surface area contributed by atoms with Crippen LogP contribution in [-0.2, 0) is 9.47 Å². The smallest absolute Gasteiger partial charge is 0.125 e. The SMILES string of the molecule is Brc1ccc([C@H](NC[C@@H]([C@H]2CCOC2)N2CCOCC2)c2ccco2)cc1. The second kappa shape index (κ2) is 9.34. The summed E-state index contributed by atoms with van der Waals surface area (Å²) in [5.74, 6) is 1.51. The van der Waals surface area contributed by atoms with Crippen LogP contribution >= 0.6 is 15.9 Å². The molecule has 0 spiro atoms. The van der Waals surface area contributed by atoms with Crippen LogP contribution in [0.4, 0.5) is 0 Å². The van der Waals surface area contributed by atoms with Crippen molar-refractivity contribution in [1.82, 2.24) is 10.2 Å². The molecule has 1 aromatic heterocycles. The van der Waals surface area contributed by atoms with Crippen molar-refractivity contribution in [3.05, 3.63) is 58.5 Å². The van der Waals surface area contributed by atoms with Crippen molar-refractivity contribution >= 4 is 15.9 Å². The molecule has 1 aromatic carbocycles. The zero-order valence-electron chi connectivity index (χ0n) is 15.5. The van der Waals surface area contributed by atoms with Gasteiger partial charge in [-0.25, -0.2) is 0 Å². The first kappa shape index (κ1) is 19.2. The Bertz CT molecular complexity index is 680. The van der Waals surface area contributed by atoms with Gasteiger partial charge in [0.15, 0.2) is 0 Å². The predicted molar refractivity (Wildman–Crippen MR) is 108 cm³/mol. The van der Waals surface area contributed by atoms with E-state index in [9.17, 15) is 0 Å². The normalized spacial score (nSPS) is 23.4. The van der Waals surface area contributed by atoms with E-state index in [4.69, 9.17) is 13.9 Å². The first-order valence-corrected chi connectivity index (χ1v) is 10.5. The number of halogens is 1. The van der Waals surface area contributed by atoms with Crippen molar-refractivity contribution in [2.24, 2.45) is 5.92 Å². The third-order valence-electron chi connectivity index (χ3n) is 5.59. The molecule has 2 aliphatic rings. The van der Waals surface area contributed by atoms with E-state index in [0.29, 0.717) is 12.0 Å². The minimum absolute atomic E-state index is 0.0407. The topological polar surface area (TPSA) is 46.9 Å². The maximum Gasteiger partial charge on any atom is 0.125 e. The molecule has 2 saturated heterocycles. The summed E-state index contributed by atoms with van der Waals surface area (Å²) in [6, 6.07) is 12.9. The van der Waals surface area contributed by atoms with Crippen LogP contribution in [0.25, 0.3) is 0 Å². The highest BCUT2D eigenvalue weighted by atomic mass is 79.9. The summed E-state index contributed by atoms with van der Waals surface area (Å²) in [5.41, 5.74) is 1.21. The standard InChI is InChI=1S/C21H27BrN2O3/c22-18-5-3-16(4-6-18)21(20-2-1-10-27-20)23-14-19(17-7-11-26-15-17)24-8-12-25-13-9-24/h1-6,10,17,19,21,23H,7-9,11-15H2/t17-,19-,21-/m0/s1. The molecule has 2 aromatic rings. The van der Waals surface area contributed by atoms with E-state index < -0.39 is 0 Å². The van der Waals surface area contributed by atoms with Crippen molar-refractivity contribution in [3.8, 4) is 0 Å². The highest BCUT2D eigenvalue weighted by molar-refractivity contribution is 9.10. The van der Waals surface area contributed by atoms with Crippen molar-refractivity contribution in [2.45, 2.75) is 18.5 Å². The fourth-order valence-electron chi connectivity index (χ4n) is 4.09. The average molecular weight is 435 g/mol. The Morgan fingerprint density at radius 2 is 1.89 bits per heavy atom. The van der Waals surface area contributed by atoms with Gasteiger partial charge in [-0.1, -0.05) is 28.1 Å². The Morgan fingerprint density at radius 1 is 1.07 bits per heavy atom. The Balaban J connectivity index is 1.51. The van der Waals surface area contributed by atoms with Gasteiger partial charge in [0, 0.05) is 42.7 Å². The third-order valence-corrected chi connectivity index (χ3v) is 6.11. The largest absolute Gasteiger partial charge is 0.467 e. The molecule has 0 amide bonds. The van der Waals surface area contributed by atoms with Gasteiger partial charge in [-0.05, 0) is 36.2 Å². The van der Waals surface area contributed by atoms with Gasteiger partial charge in [-0.3, -0.25) is 4.90 Å². The number of furan rings is 1. The molecule has 2 fully saturated rings. The molecule has 0 radical (unpaired) electrons. The summed E-state index contributed by atoms with van der Waals surface area (Å²) in [7, 11) is 0. The average Bonchev–Trinajstić information content (AvgIpc) is 3.41. The molecular weight excluding hydrogens is 408 g/mol. The van der Waals surface area contributed by atoms with Crippen molar-refractivity contribution in [1.29, 1.82) is 0 Å². The summed E-state index contributed by atoms with van der Waals surface area (Å²) in [5, 5.41) is 3.79. The van der Waals surface area contributed by atoms with Crippen LogP contribution in [0.1, 0.15) is 23.8 Å².